The zero-order valence-electron chi connectivity index (χ0n) is 18.5. The van der Waals surface area contributed by atoms with Gasteiger partial charge in [0.05, 0.1) is 24.7 Å². The normalized spacial score (nSPS) is 11.1. The minimum Gasteiger partial charge on any atom is -0.496 e. The number of amides is 1. The van der Waals surface area contributed by atoms with E-state index in [9.17, 15) is 4.79 Å². The molecule has 2 aromatic heterocycles. The lowest BCUT2D eigenvalue weighted by Crippen LogP contribution is -2.30. The van der Waals surface area contributed by atoms with Crippen molar-refractivity contribution >= 4 is 22.5 Å². The van der Waals surface area contributed by atoms with Gasteiger partial charge in [0.25, 0.3) is 5.91 Å². The number of tetrazole rings is 1. The molecule has 5 rings (SSSR count). The Labute approximate surface area is 191 Å². The highest BCUT2D eigenvalue weighted by Gasteiger charge is 2.22. The summed E-state index contributed by atoms with van der Waals surface area (Å²) in [4.78, 5) is 15.5. The van der Waals surface area contributed by atoms with Crippen LogP contribution in [-0.2, 0) is 13.1 Å². The second-order valence-corrected chi connectivity index (χ2v) is 7.99. The van der Waals surface area contributed by atoms with Crippen LogP contribution in [0.1, 0.15) is 27.0 Å². The van der Waals surface area contributed by atoms with Crippen molar-refractivity contribution in [2.24, 2.45) is 0 Å². The molecule has 0 spiro atoms. The number of fused-ring (bicyclic) bond motifs is 3. The molecule has 0 unspecified atom stereocenters. The zero-order valence-corrected chi connectivity index (χ0v) is 18.5. The van der Waals surface area contributed by atoms with Crippen LogP contribution in [0.15, 0.2) is 78.9 Å². The van der Waals surface area contributed by atoms with Crippen molar-refractivity contribution in [3.05, 3.63) is 101 Å². The number of methoxy groups -OCH3 is 1. The van der Waals surface area contributed by atoms with Gasteiger partial charge < -0.3 is 9.64 Å². The Morgan fingerprint density at radius 1 is 0.970 bits per heavy atom. The molecular formula is C26H23N5O2. The van der Waals surface area contributed by atoms with Crippen LogP contribution >= 0.6 is 0 Å². The maximum absolute atomic E-state index is 13.7. The molecule has 164 valence electrons. The summed E-state index contributed by atoms with van der Waals surface area (Å²) in [5.74, 6) is 0.426. The van der Waals surface area contributed by atoms with Crippen LogP contribution < -0.4 is 4.74 Å². The zero-order chi connectivity index (χ0) is 22.8. The molecular weight excluding hydrogens is 414 g/mol. The van der Waals surface area contributed by atoms with Crippen LogP contribution in [0.5, 0.6) is 5.75 Å². The first-order valence-electron chi connectivity index (χ1n) is 10.7. The van der Waals surface area contributed by atoms with Gasteiger partial charge in [-0.3, -0.25) is 4.79 Å². The number of rotatable bonds is 6. The summed E-state index contributed by atoms with van der Waals surface area (Å²) in [5.41, 5.74) is 5.13. The van der Waals surface area contributed by atoms with Gasteiger partial charge in [-0.2, -0.15) is 4.52 Å². The Balaban J connectivity index is 1.60. The number of hydrogen-bond donors (Lipinski definition) is 0. The smallest absolute Gasteiger partial charge is 0.258 e. The van der Waals surface area contributed by atoms with E-state index in [4.69, 9.17) is 4.74 Å². The largest absolute Gasteiger partial charge is 0.496 e. The summed E-state index contributed by atoms with van der Waals surface area (Å²) in [6, 6.07) is 25.4. The second-order valence-electron chi connectivity index (χ2n) is 7.99. The van der Waals surface area contributed by atoms with Gasteiger partial charge in [0.1, 0.15) is 5.75 Å². The highest BCUT2D eigenvalue weighted by Crippen LogP contribution is 2.25. The minimum atomic E-state index is -0.119. The number of pyridine rings is 1. The van der Waals surface area contributed by atoms with Crippen LogP contribution in [-0.4, -0.2) is 38.0 Å². The Kier molecular flexibility index (Phi) is 5.44. The molecule has 0 fully saturated rings. The first-order chi connectivity index (χ1) is 16.1. The molecule has 0 atom stereocenters. The standard InChI is InChI=1S/C26H23N5O2/c1-18-12-13-23-20(14-18)15-21(25-27-28-29-31(23)25)17-30(16-19-8-4-3-5-9-19)26(32)22-10-6-7-11-24(22)33-2/h3-15H,16-17H2,1-2H3. The first-order valence-corrected chi connectivity index (χ1v) is 10.7. The highest BCUT2D eigenvalue weighted by molar-refractivity contribution is 5.97. The monoisotopic (exact) mass is 437 g/mol. The van der Waals surface area contributed by atoms with Gasteiger partial charge in [-0.1, -0.05) is 54.1 Å². The van der Waals surface area contributed by atoms with Crippen LogP contribution in [0, 0.1) is 6.92 Å². The van der Waals surface area contributed by atoms with E-state index >= 15 is 0 Å². The third-order valence-electron chi connectivity index (χ3n) is 5.70. The molecule has 7 heteroatoms. The molecule has 0 aliphatic rings. The van der Waals surface area contributed by atoms with E-state index < -0.39 is 0 Å². The summed E-state index contributed by atoms with van der Waals surface area (Å²) in [7, 11) is 1.57. The molecule has 1 amide bonds. The molecule has 0 radical (unpaired) electrons. The summed E-state index contributed by atoms with van der Waals surface area (Å²) in [6.45, 7) is 2.84. The molecule has 0 aliphatic heterocycles. The first kappa shape index (κ1) is 20.6. The van der Waals surface area contributed by atoms with Crippen molar-refractivity contribution in [1.82, 2.24) is 24.9 Å². The van der Waals surface area contributed by atoms with Crippen LogP contribution in [0.3, 0.4) is 0 Å². The van der Waals surface area contributed by atoms with Gasteiger partial charge in [0.2, 0.25) is 0 Å². The molecule has 0 saturated carbocycles. The average Bonchev–Trinajstić information content (AvgIpc) is 3.34. The molecule has 33 heavy (non-hydrogen) atoms. The minimum absolute atomic E-state index is 0.119. The van der Waals surface area contributed by atoms with Gasteiger partial charge >= 0.3 is 0 Å². The van der Waals surface area contributed by atoms with Gasteiger partial charge in [0.15, 0.2) is 5.65 Å². The predicted octanol–water partition coefficient (Wildman–Crippen LogP) is 4.44. The van der Waals surface area contributed by atoms with Crippen molar-refractivity contribution in [3.8, 4) is 5.75 Å². The number of para-hydroxylation sites is 1. The average molecular weight is 438 g/mol. The number of aromatic nitrogens is 4. The molecule has 0 bridgehead atoms. The van der Waals surface area contributed by atoms with Gasteiger partial charge in [-0.25, -0.2) is 0 Å². The highest BCUT2D eigenvalue weighted by atomic mass is 16.5. The quantitative estimate of drug-likeness (QED) is 0.393. The van der Waals surface area contributed by atoms with E-state index in [1.165, 1.54) is 0 Å². The molecule has 3 aromatic carbocycles. The third-order valence-corrected chi connectivity index (χ3v) is 5.70. The molecule has 0 N–H and O–H groups in total. The Morgan fingerprint density at radius 3 is 2.58 bits per heavy atom. The summed E-state index contributed by atoms with van der Waals surface area (Å²) in [5, 5.41) is 13.4. The van der Waals surface area contributed by atoms with Crippen molar-refractivity contribution in [2.75, 3.05) is 7.11 Å². The van der Waals surface area contributed by atoms with Crippen molar-refractivity contribution in [2.45, 2.75) is 20.0 Å². The number of hydrogen-bond acceptors (Lipinski definition) is 5. The molecule has 5 aromatic rings. The Bertz CT molecular complexity index is 1450. The van der Waals surface area contributed by atoms with E-state index in [0.717, 1.165) is 27.6 Å². The topological polar surface area (TPSA) is 72.6 Å². The molecule has 7 nitrogen and oxygen atoms in total. The third kappa shape index (κ3) is 4.01. The van der Waals surface area contributed by atoms with Crippen molar-refractivity contribution in [1.29, 1.82) is 0 Å². The number of nitrogens with zero attached hydrogens (tertiary/aromatic N) is 5. The van der Waals surface area contributed by atoms with Crippen molar-refractivity contribution < 1.29 is 9.53 Å². The van der Waals surface area contributed by atoms with Crippen LogP contribution in [0.25, 0.3) is 16.6 Å². The molecule has 0 saturated heterocycles. The predicted molar refractivity (Wildman–Crippen MR) is 126 cm³/mol. The summed E-state index contributed by atoms with van der Waals surface area (Å²) >= 11 is 0. The van der Waals surface area contributed by atoms with Crippen molar-refractivity contribution in [3.63, 3.8) is 0 Å². The number of benzene rings is 3. The SMILES string of the molecule is COc1ccccc1C(=O)N(Cc1ccccc1)Cc1cc2cc(C)ccc2n2nnnc12. The fourth-order valence-electron chi connectivity index (χ4n) is 4.10. The van der Waals surface area contributed by atoms with Crippen LogP contribution in [0.2, 0.25) is 0 Å². The Morgan fingerprint density at radius 2 is 1.76 bits per heavy atom. The number of carbonyl (C=O) groups excluding carboxylic acids is 1. The van der Waals surface area contributed by atoms with Gasteiger partial charge in [-0.15, -0.1) is 5.10 Å². The van der Waals surface area contributed by atoms with E-state index in [0.29, 0.717) is 30.0 Å². The fraction of sp³-hybridized carbons (Fsp3) is 0.154. The summed E-state index contributed by atoms with van der Waals surface area (Å²) in [6.07, 6.45) is 0. The van der Waals surface area contributed by atoms with E-state index in [1.807, 2.05) is 54.6 Å². The molecule has 0 aliphatic carbocycles. The Hall–Kier alpha value is -4.26. The lowest BCUT2D eigenvalue weighted by Gasteiger charge is -2.24. The number of aryl methyl sites for hydroxylation is 1. The summed E-state index contributed by atoms with van der Waals surface area (Å²) < 4.78 is 7.20. The maximum atomic E-state index is 13.7. The number of carbonyl (C=O) groups is 1. The van der Waals surface area contributed by atoms with E-state index in [1.54, 1.807) is 28.7 Å². The van der Waals surface area contributed by atoms with E-state index in [2.05, 4.69) is 34.6 Å². The van der Waals surface area contributed by atoms with Gasteiger partial charge in [0, 0.05) is 17.5 Å². The van der Waals surface area contributed by atoms with Crippen LogP contribution in [0.4, 0.5) is 0 Å². The van der Waals surface area contributed by atoms with Gasteiger partial charge in [-0.05, 0) is 53.2 Å². The fourth-order valence-corrected chi connectivity index (χ4v) is 4.10. The lowest BCUT2D eigenvalue weighted by molar-refractivity contribution is 0.0727. The number of ether oxygens (including phenoxy) is 1. The second kappa shape index (κ2) is 8.70. The molecule has 2 heterocycles. The van der Waals surface area contributed by atoms with E-state index in [-0.39, 0.29) is 5.91 Å². The lowest BCUT2D eigenvalue weighted by atomic mass is 10.1. The maximum Gasteiger partial charge on any atom is 0.258 e.